The van der Waals surface area contributed by atoms with Gasteiger partial charge in [-0.05, 0) is 85.9 Å². The Bertz CT molecular complexity index is 1890. The number of benzene rings is 1. The van der Waals surface area contributed by atoms with Gasteiger partial charge in [-0.1, -0.05) is 6.08 Å². The number of fused-ring (bicyclic) bond motifs is 6. The third kappa shape index (κ3) is 5.30. The summed E-state index contributed by atoms with van der Waals surface area (Å²) >= 11 is 1.66. The zero-order chi connectivity index (χ0) is 29.6. The molecule has 2 unspecified atom stereocenters. The molecule has 2 aliphatic heterocycles. The van der Waals surface area contributed by atoms with Gasteiger partial charge in [0.05, 0.1) is 18.1 Å². The third-order valence-corrected chi connectivity index (χ3v) is 10.3. The van der Waals surface area contributed by atoms with Gasteiger partial charge in [0.15, 0.2) is 5.65 Å². The van der Waals surface area contributed by atoms with Crippen molar-refractivity contribution < 1.29 is 9.53 Å². The Morgan fingerprint density at radius 2 is 2.00 bits per heavy atom. The van der Waals surface area contributed by atoms with E-state index in [4.69, 9.17) is 4.74 Å². The normalized spacial score (nSPS) is 20.1. The fourth-order valence-electron chi connectivity index (χ4n) is 7.05. The number of carbonyl (C=O) groups excluding carboxylic acids is 1. The van der Waals surface area contributed by atoms with E-state index in [0.29, 0.717) is 18.8 Å². The van der Waals surface area contributed by atoms with Crippen molar-refractivity contribution in [2.75, 3.05) is 31.5 Å². The molecular weight excluding hydrogens is 572 g/mol. The van der Waals surface area contributed by atoms with Crippen molar-refractivity contribution in [3.63, 3.8) is 0 Å². The smallest absolute Gasteiger partial charge is 0.246 e. The Morgan fingerprint density at radius 1 is 1.11 bits per heavy atom. The van der Waals surface area contributed by atoms with E-state index in [1.54, 1.807) is 28.3 Å². The standard InChI is InChI=1S/C33H34N8O2S/c1-21-13-24(6-8-27(21)43-25-7-9-29-34-20-37-41(29)17-25)38-32-31-26-10-12-40(18-28(26)44-33(31)36-19-35-32)30(42)3-2-11-39-15-22-4-5-23(14-22)16-39/h2-3,6-9,13,17,19-20,22-23H,4-5,10-12,14-16,18H2,1H3,(H,35,36,38)/b3-2+. The highest BCUT2D eigenvalue weighted by molar-refractivity contribution is 7.19. The van der Waals surface area contributed by atoms with Crippen LogP contribution in [0.2, 0.25) is 0 Å². The lowest BCUT2D eigenvalue weighted by Crippen LogP contribution is -2.37. The van der Waals surface area contributed by atoms with Gasteiger partial charge < -0.3 is 15.0 Å². The predicted octanol–water partition coefficient (Wildman–Crippen LogP) is 5.75. The SMILES string of the molecule is Cc1cc(Nc2ncnc3sc4c(c23)CCN(C(=O)/C=C/CN2CC3CCC(C3)C2)C4)ccc1Oc1ccc2ncnn2c1. The van der Waals surface area contributed by atoms with E-state index in [2.05, 4.69) is 42.4 Å². The molecule has 1 saturated heterocycles. The minimum Gasteiger partial charge on any atom is -0.455 e. The van der Waals surface area contributed by atoms with E-state index in [1.807, 2.05) is 42.3 Å². The van der Waals surface area contributed by atoms with E-state index in [-0.39, 0.29) is 5.91 Å². The molecule has 0 spiro atoms. The maximum Gasteiger partial charge on any atom is 0.246 e. The monoisotopic (exact) mass is 606 g/mol. The summed E-state index contributed by atoms with van der Waals surface area (Å²) in [6.07, 6.45) is 13.7. The number of carbonyl (C=O) groups is 1. The van der Waals surface area contributed by atoms with Crippen molar-refractivity contribution in [3.8, 4) is 11.5 Å². The van der Waals surface area contributed by atoms with Crippen LogP contribution in [0.5, 0.6) is 11.5 Å². The molecule has 1 aromatic carbocycles. The van der Waals surface area contributed by atoms with Crippen molar-refractivity contribution in [2.24, 2.45) is 11.8 Å². The number of nitrogens with one attached hydrogen (secondary N) is 1. The van der Waals surface area contributed by atoms with Gasteiger partial charge in [-0.15, -0.1) is 11.3 Å². The van der Waals surface area contributed by atoms with Crippen LogP contribution >= 0.6 is 11.3 Å². The van der Waals surface area contributed by atoms with Crippen LogP contribution < -0.4 is 10.1 Å². The fraction of sp³-hybridized carbons (Fsp3) is 0.364. The lowest BCUT2D eigenvalue weighted by molar-refractivity contribution is -0.126. The topological polar surface area (TPSA) is 101 Å². The largest absolute Gasteiger partial charge is 0.455 e. The summed E-state index contributed by atoms with van der Waals surface area (Å²) in [5.74, 6) is 4.05. The molecular formula is C33H34N8O2S. The molecule has 1 N–H and O–H groups in total. The molecule has 6 heterocycles. The van der Waals surface area contributed by atoms with Gasteiger partial charge in [0.25, 0.3) is 0 Å². The van der Waals surface area contributed by atoms with Crippen LogP contribution in [0.3, 0.4) is 0 Å². The molecule has 224 valence electrons. The van der Waals surface area contributed by atoms with E-state index in [0.717, 1.165) is 63.5 Å². The summed E-state index contributed by atoms with van der Waals surface area (Å²) in [5, 5.41) is 8.75. The second kappa shape index (κ2) is 11.3. The summed E-state index contributed by atoms with van der Waals surface area (Å²) in [6.45, 7) is 6.55. The number of amides is 1. The first-order valence-corrected chi connectivity index (χ1v) is 16.2. The molecule has 2 atom stereocenters. The van der Waals surface area contributed by atoms with Crippen LogP contribution in [0, 0.1) is 18.8 Å². The third-order valence-electron chi connectivity index (χ3n) is 9.17. The summed E-state index contributed by atoms with van der Waals surface area (Å²) < 4.78 is 7.83. The van der Waals surface area contributed by atoms with E-state index in [1.165, 1.54) is 49.1 Å². The summed E-state index contributed by atoms with van der Waals surface area (Å²) in [5.41, 5.74) is 3.92. The van der Waals surface area contributed by atoms with E-state index >= 15 is 0 Å². The molecule has 11 heteroatoms. The number of rotatable bonds is 7. The van der Waals surface area contributed by atoms with Crippen molar-refractivity contribution >= 4 is 44.6 Å². The second-order valence-corrected chi connectivity index (χ2v) is 13.3. The Balaban J connectivity index is 0.948. The number of likely N-dealkylation sites (tertiary alicyclic amines) is 1. The Morgan fingerprint density at radius 3 is 2.86 bits per heavy atom. The molecule has 44 heavy (non-hydrogen) atoms. The van der Waals surface area contributed by atoms with Crippen LogP contribution in [-0.2, 0) is 17.8 Å². The van der Waals surface area contributed by atoms with Gasteiger partial charge in [0.2, 0.25) is 5.91 Å². The van der Waals surface area contributed by atoms with Crippen LogP contribution in [0.4, 0.5) is 11.5 Å². The average molecular weight is 607 g/mol. The van der Waals surface area contributed by atoms with Crippen molar-refractivity contribution in [2.45, 2.75) is 39.2 Å². The number of ether oxygens (including phenoxy) is 1. The minimum atomic E-state index is 0.0940. The highest BCUT2D eigenvalue weighted by atomic mass is 32.1. The number of aromatic nitrogens is 5. The predicted molar refractivity (Wildman–Crippen MR) is 170 cm³/mol. The summed E-state index contributed by atoms with van der Waals surface area (Å²) in [4.78, 5) is 33.1. The number of pyridine rings is 1. The summed E-state index contributed by atoms with van der Waals surface area (Å²) in [6, 6.07) is 9.76. The van der Waals surface area contributed by atoms with E-state index in [9.17, 15) is 4.79 Å². The molecule has 5 aromatic rings. The van der Waals surface area contributed by atoms with Gasteiger partial charge in [-0.2, -0.15) is 5.10 Å². The number of hydrogen-bond donors (Lipinski definition) is 1. The zero-order valence-corrected chi connectivity index (χ0v) is 25.5. The van der Waals surface area contributed by atoms with Gasteiger partial charge in [0, 0.05) is 42.8 Å². The zero-order valence-electron chi connectivity index (χ0n) is 24.6. The molecule has 1 aliphatic carbocycles. The first-order chi connectivity index (χ1) is 21.6. The van der Waals surface area contributed by atoms with Crippen LogP contribution in [0.25, 0.3) is 15.9 Å². The first kappa shape index (κ1) is 27.2. The lowest BCUT2D eigenvalue weighted by atomic mass is 9.99. The van der Waals surface area contributed by atoms with E-state index < -0.39 is 0 Å². The second-order valence-electron chi connectivity index (χ2n) is 12.2. The van der Waals surface area contributed by atoms with Gasteiger partial charge in [-0.3, -0.25) is 9.69 Å². The molecule has 0 radical (unpaired) electrons. The van der Waals surface area contributed by atoms with Crippen LogP contribution in [-0.4, -0.2) is 66.5 Å². The van der Waals surface area contributed by atoms with Crippen LogP contribution in [0.15, 0.2) is 61.3 Å². The molecule has 4 aromatic heterocycles. The Kier molecular flexibility index (Phi) is 6.99. The fourth-order valence-corrected chi connectivity index (χ4v) is 8.25. The number of hydrogen-bond acceptors (Lipinski definition) is 9. The Hall–Kier alpha value is -4.35. The van der Waals surface area contributed by atoms with Crippen molar-refractivity contribution in [1.29, 1.82) is 0 Å². The maximum absolute atomic E-state index is 13.1. The molecule has 1 saturated carbocycles. The van der Waals surface area contributed by atoms with Gasteiger partial charge in [-0.25, -0.2) is 19.5 Å². The maximum atomic E-state index is 13.1. The van der Waals surface area contributed by atoms with Crippen molar-refractivity contribution in [1.82, 2.24) is 34.4 Å². The summed E-state index contributed by atoms with van der Waals surface area (Å²) in [7, 11) is 0. The minimum absolute atomic E-state index is 0.0940. The number of anilines is 2. The molecule has 3 aliphatic rings. The molecule has 10 nitrogen and oxygen atoms in total. The first-order valence-electron chi connectivity index (χ1n) is 15.3. The Labute approximate surface area is 259 Å². The van der Waals surface area contributed by atoms with Gasteiger partial charge in [0.1, 0.15) is 34.8 Å². The molecule has 2 fully saturated rings. The van der Waals surface area contributed by atoms with Crippen molar-refractivity contribution in [3.05, 3.63) is 77.3 Å². The average Bonchev–Trinajstić information content (AvgIpc) is 3.74. The lowest BCUT2D eigenvalue weighted by Gasteiger charge is -2.30. The number of thiophene rings is 1. The molecule has 2 bridgehead atoms. The molecule has 8 rings (SSSR count). The molecule has 1 amide bonds. The quantitative estimate of drug-likeness (QED) is 0.234. The highest BCUT2D eigenvalue weighted by Crippen LogP contribution is 2.39. The number of nitrogens with zero attached hydrogens (tertiary/aromatic N) is 7. The van der Waals surface area contributed by atoms with Gasteiger partial charge >= 0.3 is 0 Å². The number of aryl methyl sites for hydroxylation is 1. The number of piperidine rings is 1. The highest BCUT2D eigenvalue weighted by Gasteiger charge is 2.32. The van der Waals surface area contributed by atoms with Crippen LogP contribution in [0.1, 0.15) is 35.3 Å².